The quantitative estimate of drug-likeness (QED) is 0.235. The molecule has 0 aliphatic heterocycles. The third-order valence-electron chi connectivity index (χ3n) is 10.1. The summed E-state index contributed by atoms with van der Waals surface area (Å²) < 4.78 is 27.4. The van der Waals surface area contributed by atoms with Gasteiger partial charge in [-0.1, -0.05) is 61.7 Å². The number of carbonyl (C=O) groups is 2. The van der Waals surface area contributed by atoms with Crippen LogP contribution in [0.25, 0.3) is 0 Å². The summed E-state index contributed by atoms with van der Waals surface area (Å²) in [6, 6.07) is 12.0. The third-order valence-corrected chi connectivity index (χ3v) is 11.8. The molecule has 7 nitrogen and oxygen atoms in total. The number of halogens is 2. The van der Waals surface area contributed by atoms with Crippen molar-refractivity contribution in [3.63, 3.8) is 0 Å². The first kappa shape index (κ1) is 33.1. The summed E-state index contributed by atoms with van der Waals surface area (Å²) in [7, 11) is -3.82. The number of amides is 2. The van der Waals surface area contributed by atoms with Gasteiger partial charge in [-0.3, -0.25) is 13.9 Å². The molecule has 10 heteroatoms. The van der Waals surface area contributed by atoms with Gasteiger partial charge in [0.15, 0.2) is 0 Å². The number of nitrogens with zero attached hydrogens (tertiary/aromatic N) is 2. The highest BCUT2D eigenvalue weighted by atomic mass is 35.5. The zero-order chi connectivity index (χ0) is 31.6. The van der Waals surface area contributed by atoms with E-state index in [9.17, 15) is 18.0 Å². The molecule has 4 aliphatic carbocycles. The van der Waals surface area contributed by atoms with Crippen LogP contribution in [0, 0.1) is 17.8 Å². The summed E-state index contributed by atoms with van der Waals surface area (Å²) in [4.78, 5) is 28.8. The topological polar surface area (TPSA) is 86.8 Å². The van der Waals surface area contributed by atoms with Gasteiger partial charge in [-0.2, -0.15) is 0 Å². The van der Waals surface area contributed by atoms with Gasteiger partial charge in [0.25, 0.3) is 0 Å². The summed E-state index contributed by atoms with van der Waals surface area (Å²) >= 11 is 12.6. The molecule has 0 unspecified atom stereocenters. The van der Waals surface area contributed by atoms with Gasteiger partial charge in [-0.25, -0.2) is 8.42 Å². The lowest BCUT2D eigenvalue weighted by Crippen LogP contribution is -2.52. The van der Waals surface area contributed by atoms with Gasteiger partial charge < -0.3 is 10.2 Å². The van der Waals surface area contributed by atoms with E-state index in [2.05, 4.69) is 17.4 Å². The van der Waals surface area contributed by atoms with Crippen molar-refractivity contribution in [1.29, 1.82) is 0 Å². The van der Waals surface area contributed by atoms with Crippen LogP contribution in [0.5, 0.6) is 0 Å². The number of nitrogens with one attached hydrogen (secondary N) is 1. The van der Waals surface area contributed by atoms with Crippen LogP contribution in [-0.4, -0.2) is 50.5 Å². The Labute approximate surface area is 272 Å². The third kappa shape index (κ3) is 7.23. The molecule has 2 aromatic rings. The zero-order valence-corrected chi connectivity index (χ0v) is 28.4. The van der Waals surface area contributed by atoms with Crippen LogP contribution >= 0.6 is 23.2 Å². The first-order chi connectivity index (χ1) is 20.9. The molecule has 2 aromatic carbocycles. The van der Waals surface area contributed by atoms with Crippen LogP contribution in [0.2, 0.25) is 10.0 Å². The smallest absolute Gasteiger partial charge is 0.244 e. The zero-order valence-electron chi connectivity index (χ0n) is 26.0. The lowest BCUT2D eigenvalue weighted by atomic mass is 9.48. The summed E-state index contributed by atoms with van der Waals surface area (Å²) in [5.41, 5.74) is 2.54. The van der Waals surface area contributed by atoms with Gasteiger partial charge >= 0.3 is 0 Å². The Morgan fingerprint density at radius 3 is 2.11 bits per heavy atom. The second kappa shape index (κ2) is 13.6. The van der Waals surface area contributed by atoms with Crippen molar-refractivity contribution in [2.24, 2.45) is 17.8 Å². The molecule has 2 amide bonds. The van der Waals surface area contributed by atoms with Crippen molar-refractivity contribution in [1.82, 2.24) is 10.2 Å². The Morgan fingerprint density at radius 1 is 0.977 bits per heavy atom. The highest BCUT2D eigenvalue weighted by Crippen LogP contribution is 2.60. The number of benzene rings is 2. The molecule has 0 heterocycles. The van der Waals surface area contributed by atoms with E-state index in [1.807, 2.05) is 26.0 Å². The molecule has 4 bridgehead atoms. The van der Waals surface area contributed by atoms with Crippen molar-refractivity contribution in [2.75, 3.05) is 23.7 Å². The number of hydrogen-bond donors (Lipinski definition) is 1. The first-order valence-electron chi connectivity index (χ1n) is 16.0. The number of anilines is 1. The molecule has 4 saturated carbocycles. The molecular weight excluding hydrogens is 617 g/mol. The SMILES string of the molecule is CCCCNC(=O)[C@H](CC)N(Cc1ccc(Cl)cc1Cl)C(=O)CN(c1ccc(C23CC4CC(CC(C4)C2)C3)cc1)S(C)(=O)=O. The van der Waals surface area contributed by atoms with E-state index in [0.717, 1.165) is 41.2 Å². The van der Waals surface area contributed by atoms with E-state index in [4.69, 9.17) is 23.2 Å². The van der Waals surface area contributed by atoms with Crippen LogP contribution in [0.1, 0.15) is 82.8 Å². The molecule has 4 fully saturated rings. The van der Waals surface area contributed by atoms with Gasteiger partial charge in [-0.15, -0.1) is 0 Å². The number of hydrogen-bond acceptors (Lipinski definition) is 4. The van der Waals surface area contributed by atoms with Crippen molar-refractivity contribution in [2.45, 2.75) is 89.6 Å². The minimum absolute atomic E-state index is 0.0388. The van der Waals surface area contributed by atoms with Crippen molar-refractivity contribution in [3.05, 3.63) is 63.6 Å². The van der Waals surface area contributed by atoms with E-state index in [-0.39, 0.29) is 17.9 Å². The number of sulfonamides is 1. The maximum absolute atomic E-state index is 14.1. The molecule has 4 aliphatic rings. The van der Waals surface area contributed by atoms with Crippen molar-refractivity contribution >= 4 is 50.7 Å². The van der Waals surface area contributed by atoms with E-state index in [1.165, 1.54) is 49.0 Å². The Balaban J connectivity index is 1.40. The Bertz CT molecular complexity index is 1430. The summed E-state index contributed by atoms with van der Waals surface area (Å²) in [6.07, 6.45) is 10.9. The van der Waals surface area contributed by atoms with Gasteiger partial charge in [-0.05, 0) is 110 Å². The highest BCUT2D eigenvalue weighted by molar-refractivity contribution is 7.92. The molecule has 6 rings (SSSR count). The minimum Gasteiger partial charge on any atom is -0.354 e. The highest BCUT2D eigenvalue weighted by Gasteiger charge is 2.51. The lowest BCUT2D eigenvalue weighted by molar-refractivity contribution is -0.140. The predicted octanol–water partition coefficient (Wildman–Crippen LogP) is 6.95. The predicted molar refractivity (Wildman–Crippen MR) is 177 cm³/mol. The second-order valence-corrected chi connectivity index (χ2v) is 16.1. The van der Waals surface area contributed by atoms with Gasteiger partial charge in [0.05, 0.1) is 11.9 Å². The Hall–Kier alpha value is -2.29. The summed E-state index contributed by atoms with van der Waals surface area (Å²) in [5, 5.41) is 3.77. The molecular formula is C34H45Cl2N3O4S. The maximum atomic E-state index is 14.1. The number of carbonyl (C=O) groups excluding carboxylic acids is 2. The standard InChI is InChI=1S/C34H45Cl2N3O4S/c1-4-6-13-37-33(41)31(5-2)38(21-26-7-10-28(35)17-30(26)36)32(40)22-39(44(3,42)43)29-11-8-27(9-12-29)34-18-23-14-24(19-34)16-25(15-23)20-34/h7-12,17,23-25,31H,4-6,13-16,18-22H2,1-3H3,(H,37,41)/t23?,24?,25?,31-,34?/m0/s1. The average Bonchev–Trinajstić information content (AvgIpc) is 2.96. The molecule has 0 aromatic heterocycles. The largest absolute Gasteiger partial charge is 0.354 e. The summed E-state index contributed by atoms with van der Waals surface area (Å²) in [6.45, 7) is 3.99. The molecule has 1 N–H and O–H groups in total. The van der Waals surface area contributed by atoms with E-state index in [1.54, 1.807) is 18.2 Å². The van der Waals surface area contributed by atoms with Crippen LogP contribution in [0.4, 0.5) is 5.69 Å². The monoisotopic (exact) mass is 661 g/mol. The van der Waals surface area contributed by atoms with Crippen LogP contribution in [-0.2, 0) is 31.6 Å². The molecule has 44 heavy (non-hydrogen) atoms. The Morgan fingerprint density at radius 2 is 1.59 bits per heavy atom. The van der Waals surface area contributed by atoms with Crippen LogP contribution in [0.3, 0.4) is 0 Å². The fourth-order valence-corrected chi connectivity index (χ4v) is 9.64. The maximum Gasteiger partial charge on any atom is 0.244 e. The van der Waals surface area contributed by atoms with Crippen molar-refractivity contribution in [3.8, 4) is 0 Å². The molecule has 240 valence electrons. The van der Waals surface area contributed by atoms with Crippen LogP contribution < -0.4 is 9.62 Å². The molecule has 1 atom stereocenters. The fraction of sp³-hybridized carbons (Fsp3) is 0.588. The summed E-state index contributed by atoms with van der Waals surface area (Å²) in [5.74, 6) is 1.65. The molecule has 0 saturated heterocycles. The number of unbranched alkanes of at least 4 members (excludes halogenated alkanes) is 1. The van der Waals surface area contributed by atoms with Crippen molar-refractivity contribution < 1.29 is 18.0 Å². The normalized spacial score (nSPS) is 24.6. The average molecular weight is 663 g/mol. The van der Waals surface area contributed by atoms with E-state index >= 15 is 0 Å². The van der Waals surface area contributed by atoms with E-state index < -0.39 is 28.5 Å². The van der Waals surface area contributed by atoms with Gasteiger partial charge in [0.1, 0.15) is 12.6 Å². The molecule has 0 radical (unpaired) electrons. The van der Waals surface area contributed by atoms with E-state index in [0.29, 0.717) is 34.3 Å². The second-order valence-electron chi connectivity index (χ2n) is 13.3. The minimum atomic E-state index is -3.82. The first-order valence-corrected chi connectivity index (χ1v) is 18.6. The number of rotatable bonds is 13. The Kier molecular flexibility index (Phi) is 10.2. The van der Waals surface area contributed by atoms with Crippen LogP contribution in [0.15, 0.2) is 42.5 Å². The lowest BCUT2D eigenvalue weighted by Gasteiger charge is -2.57. The van der Waals surface area contributed by atoms with Gasteiger partial charge in [0, 0.05) is 23.1 Å². The fourth-order valence-electron chi connectivity index (χ4n) is 8.32. The van der Waals surface area contributed by atoms with Gasteiger partial charge in [0.2, 0.25) is 21.8 Å². The molecule has 0 spiro atoms.